The second-order valence-electron chi connectivity index (χ2n) is 4.30. The fourth-order valence-corrected chi connectivity index (χ4v) is 1.80. The lowest BCUT2D eigenvalue weighted by molar-refractivity contribution is 0.0950. The van der Waals surface area contributed by atoms with Crippen LogP contribution < -0.4 is 4.74 Å². The Bertz CT molecular complexity index is 358. The summed E-state index contributed by atoms with van der Waals surface area (Å²) in [5, 5.41) is 18.7. The lowest BCUT2D eigenvalue weighted by atomic mass is 9.94. The number of hydrogen-bond donors (Lipinski definition) is 2. The summed E-state index contributed by atoms with van der Waals surface area (Å²) in [6.45, 7) is 5.79. The van der Waals surface area contributed by atoms with Crippen molar-refractivity contribution in [1.82, 2.24) is 0 Å². The molecule has 0 saturated heterocycles. The highest BCUT2D eigenvalue weighted by molar-refractivity contribution is 5.44. The lowest BCUT2D eigenvalue weighted by Crippen LogP contribution is -2.07. The van der Waals surface area contributed by atoms with Gasteiger partial charge in [0.05, 0.1) is 13.7 Å². The van der Waals surface area contributed by atoms with Gasteiger partial charge in [0.25, 0.3) is 0 Å². The number of rotatable bonds is 4. The predicted molar refractivity (Wildman–Crippen MR) is 63.9 cm³/mol. The molecule has 0 amide bonds. The SMILES string of the molecule is COc1cc(C)c(C(O)CO)cc1C(C)C. The van der Waals surface area contributed by atoms with Crippen LogP contribution in [0.5, 0.6) is 5.75 Å². The summed E-state index contributed by atoms with van der Waals surface area (Å²) in [4.78, 5) is 0. The Morgan fingerprint density at radius 1 is 1.25 bits per heavy atom. The van der Waals surface area contributed by atoms with Crippen LogP contribution >= 0.6 is 0 Å². The molecule has 1 aromatic carbocycles. The smallest absolute Gasteiger partial charge is 0.122 e. The molecule has 1 atom stereocenters. The first-order valence-corrected chi connectivity index (χ1v) is 5.48. The molecule has 3 heteroatoms. The van der Waals surface area contributed by atoms with E-state index >= 15 is 0 Å². The molecule has 0 spiro atoms. The molecule has 3 nitrogen and oxygen atoms in total. The molecule has 0 aliphatic heterocycles. The van der Waals surface area contributed by atoms with Crippen molar-refractivity contribution >= 4 is 0 Å². The monoisotopic (exact) mass is 224 g/mol. The molecule has 1 unspecified atom stereocenters. The van der Waals surface area contributed by atoms with Crippen molar-refractivity contribution in [1.29, 1.82) is 0 Å². The van der Waals surface area contributed by atoms with E-state index in [4.69, 9.17) is 9.84 Å². The van der Waals surface area contributed by atoms with Crippen molar-refractivity contribution in [3.63, 3.8) is 0 Å². The summed E-state index contributed by atoms with van der Waals surface area (Å²) < 4.78 is 5.31. The molecular formula is C13H20O3. The second kappa shape index (κ2) is 5.32. The van der Waals surface area contributed by atoms with Gasteiger partial charge >= 0.3 is 0 Å². The van der Waals surface area contributed by atoms with Crippen LogP contribution in [0.25, 0.3) is 0 Å². The molecule has 0 bridgehead atoms. The summed E-state index contributed by atoms with van der Waals surface area (Å²) in [5.74, 6) is 1.15. The highest BCUT2D eigenvalue weighted by Crippen LogP contribution is 2.31. The zero-order valence-corrected chi connectivity index (χ0v) is 10.3. The average molecular weight is 224 g/mol. The molecule has 0 aromatic heterocycles. The van der Waals surface area contributed by atoms with Crippen molar-refractivity contribution in [2.75, 3.05) is 13.7 Å². The van der Waals surface area contributed by atoms with Crippen molar-refractivity contribution in [2.24, 2.45) is 0 Å². The van der Waals surface area contributed by atoms with Gasteiger partial charge in [-0.25, -0.2) is 0 Å². The van der Waals surface area contributed by atoms with E-state index in [9.17, 15) is 5.11 Å². The molecule has 0 radical (unpaired) electrons. The van der Waals surface area contributed by atoms with Gasteiger partial charge in [-0.2, -0.15) is 0 Å². The summed E-state index contributed by atoms with van der Waals surface area (Å²) in [6, 6.07) is 3.82. The van der Waals surface area contributed by atoms with Gasteiger partial charge in [-0.1, -0.05) is 13.8 Å². The second-order valence-corrected chi connectivity index (χ2v) is 4.30. The number of methoxy groups -OCH3 is 1. The van der Waals surface area contributed by atoms with Gasteiger partial charge in [-0.15, -0.1) is 0 Å². The molecule has 0 saturated carbocycles. The summed E-state index contributed by atoms with van der Waals surface area (Å²) in [6.07, 6.45) is -0.816. The van der Waals surface area contributed by atoms with Crippen molar-refractivity contribution in [3.8, 4) is 5.75 Å². The molecule has 0 aliphatic rings. The van der Waals surface area contributed by atoms with E-state index in [1.165, 1.54) is 0 Å². The average Bonchev–Trinajstić information content (AvgIpc) is 2.27. The number of benzene rings is 1. The summed E-state index contributed by atoms with van der Waals surface area (Å²) >= 11 is 0. The van der Waals surface area contributed by atoms with E-state index in [-0.39, 0.29) is 6.61 Å². The molecular weight excluding hydrogens is 204 g/mol. The zero-order valence-electron chi connectivity index (χ0n) is 10.3. The van der Waals surface area contributed by atoms with Crippen LogP contribution in [0, 0.1) is 6.92 Å². The third-order valence-electron chi connectivity index (χ3n) is 2.77. The van der Waals surface area contributed by atoms with Crippen LogP contribution in [0.15, 0.2) is 12.1 Å². The third-order valence-corrected chi connectivity index (χ3v) is 2.77. The molecule has 1 aromatic rings. The minimum Gasteiger partial charge on any atom is -0.496 e. The molecule has 16 heavy (non-hydrogen) atoms. The fourth-order valence-electron chi connectivity index (χ4n) is 1.80. The van der Waals surface area contributed by atoms with E-state index in [0.717, 1.165) is 22.4 Å². The Morgan fingerprint density at radius 3 is 2.31 bits per heavy atom. The van der Waals surface area contributed by atoms with Gasteiger partial charge in [0, 0.05) is 0 Å². The Hall–Kier alpha value is -1.06. The summed E-state index contributed by atoms with van der Waals surface area (Å²) in [7, 11) is 1.64. The Balaban J connectivity index is 3.27. The van der Waals surface area contributed by atoms with Gasteiger partial charge in [0.15, 0.2) is 0 Å². The number of aliphatic hydroxyl groups excluding tert-OH is 2. The minimum atomic E-state index is -0.816. The largest absolute Gasteiger partial charge is 0.496 e. The Morgan fingerprint density at radius 2 is 1.88 bits per heavy atom. The van der Waals surface area contributed by atoms with Crippen LogP contribution in [0.4, 0.5) is 0 Å². The van der Waals surface area contributed by atoms with Crippen LogP contribution in [0.3, 0.4) is 0 Å². The standard InChI is InChI=1S/C13H20O3/c1-8(2)10-6-11(12(15)7-14)9(3)5-13(10)16-4/h5-6,8,12,14-15H,7H2,1-4H3. The van der Waals surface area contributed by atoms with Crippen molar-refractivity contribution in [2.45, 2.75) is 32.8 Å². The van der Waals surface area contributed by atoms with Gasteiger partial charge in [-0.05, 0) is 41.7 Å². The first-order valence-electron chi connectivity index (χ1n) is 5.48. The normalized spacial score (nSPS) is 12.9. The first kappa shape index (κ1) is 13.0. The number of aliphatic hydroxyl groups is 2. The lowest BCUT2D eigenvalue weighted by Gasteiger charge is -2.18. The number of ether oxygens (including phenoxy) is 1. The van der Waals surface area contributed by atoms with Gasteiger partial charge in [0.2, 0.25) is 0 Å². The van der Waals surface area contributed by atoms with Crippen LogP contribution in [0.1, 0.15) is 42.6 Å². The maximum Gasteiger partial charge on any atom is 0.122 e. The minimum absolute atomic E-state index is 0.259. The molecule has 2 N–H and O–H groups in total. The van der Waals surface area contributed by atoms with Gasteiger partial charge < -0.3 is 14.9 Å². The van der Waals surface area contributed by atoms with Gasteiger partial charge in [-0.3, -0.25) is 0 Å². The highest BCUT2D eigenvalue weighted by Gasteiger charge is 2.15. The van der Waals surface area contributed by atoms with Gasteiger partial charge in [0.1, 0.15) is 11.9 Å². The zero-order chi connectivity index (χ0) is 12.3. The molecule has 1 rings (SSSR count). The van der Waals surface area contributed by atoms with Crippen molar-refractivity contribution in [3.05, 3.63) is 28.8 Å². The van der Waals surface area contributed by atoms with E-state index in [1.54, 1.807) is 7.11 Å². The Labute approximate surface area is 96.7 Å². The predicted octanol–water partition coefficient (Wildman–Crippen LogP) is 2.15. The summed E-state index contributed by atoms with van der Waals surface area (Å²) in [5.41, 5.74) is 2.76. The molecule has 0 heterocycles. The first-order chi connectivity index (χ1) is 7.51. The topological polar surface area (TPSA) is 49.7 Å². The van der Waals surface area contributed by atoms with Crippen LogP contribution in [-0.2, 0) is 0 Å². The van der Waals surface area contributed by atoms with E-state index in [1.807, 2.05) is 19.1 Å². The van der Waals surface area contributed by atoms with Crippen molar-refractivity contribution < 1.29 is 14.9 Å². The van der Waals surface area contributed by atoms with E-state index in [0.29, 0.717) is 5.92 Å². The van der Waals surface area contributed by atoms with Crippen LogP contribution in [-0.4, -0.2) is 23.9 Å². The maximum atomic E-state index is 9.69. The molecule has 90 valence electrons. The fraction of sp³-hybridized carbons (Fsp3) is 0.538. The van der Waals surface area contributed by atoms with Crippen LogP contribution in [0.2, 0.25) is 0 Å². The number of aryl methyl sites for hydroxylation is 1. The quantitative estimate of drug-likeness (QED) is 0.824. The number of hydrogen-bond acceptors (Lipinski definition) is 3. The molecule has 0 aliphatic carbocycles. The Kier molecular flexibility index (Phi) is 4.33. The van der Waals surface area contributed by atoms with E-state index in [2.05, 4.69) is 13.8 Å². The molecule has 0 fully saturated rings. The van der Waals surface area contributed by atoms with E-state index < -0.39 is 6.10 Å². The third kappa shape index (κ3) is 2.54. The maximum absolute atomic E-state index is 9.69. The highest BCUT2D eigenvalue weighted by atomic mass is 16.5.